The molecule has 0 aliphatic heterocycles. The topological polar surface area (TPSA) is 8.81 Å². The Morgan fingerprint density at radius 1 is 0.733 bits per heavy atom. The van der Waals surface area contributed by atoms with Crippen LogP contribution >= 0.6 is 0 Å². The van der Waals surface area contributed by atoms with E-state index in [2.05, 4.69) is 108 Å². The van der Waals surface area contributed by atoms with Gasteiger partial charge in [0.05, 0.1) is 0 Å². The van der Waals surface area contributed by atoms with Gasteiger partial charge in [0.25, 0.3) is 5.82 Å². The second kappa shape index (κ2) is 8.67. The van der Waals surface area contributed by atoms with Crippen LogP contribution in [0.3, 0.4) is 0 Å². The predicted molar refractivity (Wildman–Crippen MR) is 117 cm³/mol. The van der Waals surface area contributed by atoms with Crippen molar-refractivity contribution in [2.45, 2.75) is 13.8 Å². The van der Waals surface area contributed by atoms with Gasteiger partial charge in [-0.1, -0.05) is 42.8 Å². The van der Waals surface area contributed by atoms with Crippen LogP contribution in [0.15, 0.2) is 91.0 Å². The van der Waals surface area contributed by atoms with E-state index in [1.165, 1.54) is 16.6 Å². The summed E-state index contributed by atoms with van der Waals surface area (Å²) < 4.78 is 4.62. The maximum atomic E-state index is 3.66. The minimum atomic E-state index is 0. The maximum absolute atomic E-state index is 3.66. The summed E-state index contributed by atoms with van der Waals surface area (Å²) in [5.41, 5.74) is 7.87. The average Bonchev–Trinajstić information content (AvgIpc) is 3.07. The molecule has 0 atom stereocenters. The molecule has 0 N–H and O–H groups in total. The van der Waals surface area contributed by atoms with Gasteiger partial charge in [-0.25, -0.2) is 15.7 Å². The van der Waals surface area contributed by atoms with Crippen molar-refractivity contribution in [2.75, 3.05) is 0 Å². The molecule has 3 heteroatoms. The van der Waals surface area contributed by atoms with Crippen LogP contribution in [0.2, 0.25) is 0 Å². The van der Waals surface area contributed by atoms with Crippen LogP contribution in [-0.2, 0) is 32.7 Å². The fourth-order valence-electron chi connectivity index (χ4n) is 3.98. The van der Waals surface area contributed by atoms with Crippen molar-refractivity contribution in [3.63, 3.8) is 0 Å². The van der Waals surface area contributed by atoms with Crippen molar-refractivity contribution in [3.05, 3.63) is 115 Å². The van der Waals surface area contributed by atoms with Crippen molar-refractivity contribution >= 4 is 11.0 Å². The molecule has 5 aromatic rings. The van der Waals surface area contributed by atoms with E-state index >= 15 is 0 Å². The Balaban J connectivity index is 0.00000218. The van der Waals surface area contributed by atoms with E-state index in [-0.39, 0.29) is 32.7 Å². The van der Waals surface area contributed by atoms with Gasteiger partial charge in [0, 0.05) is 45.3 Å². The van der Waals surface area contributed by atoms with Crippen LogP contribution in [-0.4, -0.2) is 4.57 Å². The number of fused-ring (bicyclic) bond motifs is 1. The zero-order valence-electron chi connectivity index (χ0n) is 17.1. The van der Waals surface area contributed by atoms with Crippen LogP contribution in [0.4, 0.5) is 0 Å². The van der Waals surface area contributed by atoms with E-state index in [4.69, 9.17) is 0 Å². The molecular weight excluding hydrogens is 441 g/mol. The standard InChI is InChI=1S/C27H21N2.Y/c1-20-17-18-23(22-11-5-3-6-12-22)19-27(20)29-21(2)28(24-13-7-4-8-14-24)25-15-9-10-16-26(25)29;/h3-11,13-18H,1-2H3;/q-1;. The Bertz CT molecular complexity index is 1310. The maximum Gasteiger partial charge on any atom is 0.263 e. The van der Waals surface area contributed by atoms with Crippen molar-refractivity contribution < 1.29 is 37.3 Å². The smallest absolute Gasteiger partial charge is 0.226 e. The summed E-state index contributed by atoms with van der Waals surface area (Å²) in [6.45, 7) is 4.31. The number of hydrogen-bond acceptors (Lipinski definition) is 0. The Kier molecular flexibility index (Phi) is 5.99. The molecule has 0 saturated carbocycles. The van der Waals surface area contributed by atoms with E-state index in [9.17, 15) is 0 Å². The molecule has 1 heterocycles. The molecule has 5 rings (SSSR count). The number of aryl methyl sites for hydroxylation is 1. The summed E-state index contributed by atoms with van der Waals surface area (Å²) in [6, 6.07) is 38.4. The van der Waals surface area contributed by atoms with Crippen molar-refractivity contribution in [1.82, 2.24) is 4.57 Å². The molecule has 0 spiro atoms. The third kappa shape index (κ3) is 3.55. The third-order valence-corrected chi connectivity index (χ3v) is 5.37. The summed E-state index contributed by atoms with van der Waals surface area (Å²) >= 11 is 0. The summed E-state index contributed by atoms with van der Waals surface area (Å²) in [4.78, 5) is 0. The molecule has 4 aromatic carbocycles. The van der Waals surface area contributed by atoms with E-state index in [1.54, 1.807) is 0 Å². The molecule has 0 bridgehead atoms. The quantitative estimate of drug-likeness (QED) is 0.237. The Labute approximate surface area is 202 Å². The minimum absolute atomic E-state index is 0. The van der Waals surface area contributed by atoms with E-state index in [0.29, 0.717) is 0 Å². The summed E-state index contributed by atoms with van der Waals surface area (Å²) in [5.74, 6) is 1.14. The number of rotatable bonds is 3. The largest absolute Gasteiger partial charge is 0.263 e. The number of aromatic nitrogens is 2. The van der Waals surface area contributed by atoms with Crippen molar-refractivity contribution in [3.8, 4) is 22.5 Å². The molecule has 1 aromatic heterocycles. The summed E-state index contributed by atoms with van der Waals surface area (Å²) in [7, 11) is 0. The normalized spacial score (nSPS) is 10.7. The van der Waals surface area contributed by atoms with Gasteiger partial charge in [-0.2, -0.15) is 34.9 Å². The molecule has 143 valence electrons. The van der Waals surface area contributed by atoms with Crippen molar-refractivity contribution in [1.29, 1.82) is 0 Å². The Morgan fingerprint density at radius 2 is 1.47 bits per heavy atom. The van der Waals surface area contributed by atoms with Gasteiger partial charge in [-0.3, -0.25) is 0 Å². The molecule has 0 amide bonds. The molecule has 30 heavy (non-hydrogen) atoms. The molecular formula is C27H21N2Y-. The molecule has 0 unspecified atom stereocenters. The second-order valence-electron chi connectivity index (χ2n) is 7.22. The average molecular weight is 462 g/mol. The Hall–Kier alpha value is -2.55. The fraction of sp³-hybridized carbons (Fsp3) is 0.0741. The number of nitrogens with zero attached hydrogens (tertiary/aromatic N) is 2. The minimum Gasteiger partial charge on any atom is -0.226 e. The van der Waals surface area contributed by atoms with E-state index in [0.717, 1.165) is 28.3 Å². The van der Waals surface area contributed by atoms with Gasteiger partial charge >= 0.3 is 0 Å². The molecule has 0 saturated heterocycles. The number of para-hydroxylation sites is 3. The molecule has 0 aliphatic rings. The second-order valence-corrected chi connectivity index (χ2v) is 7.22. The SMILES string of the molecule is Cc1ccc(-c2[c-]cccc2)[c-]c1-[n+]1c(C)n(-c2ccccc2)c2ccccc21.[Y]. The molecule has 1 radical (unpaired) electrons. The van der Waals surface area contributed by atoms with E-state index < -0.39 is 0 Å². The van der Waals surface area contributed by atoms with Gasteiger partial charge in [0.1, 0.15) is 5.69 Å². The monoisotopic (exact) mass is 462 g/mol. The van der Waals surface area contributed by atoms with Crippen LogP contribution in [0, 0.1) is 26.0 Å². The van der Waals surface area contributed by atoms with Gasteiger partial charge in [0.15, 0.2) is 11.0 Å². The first-order valence-electron chi connectivity index (χ1n) is 9.82. The first kappa shape index (κ1) is 20.7. The number of imidazole rings is 1. The van der Waals surface area contributed by atoms with Gasteiger partial charge in [-0.15, -0.1) is 18.2 Å². The van der Waals surface area contributed by atoms with Crippen LogP contribution in [0.25, 0.3) is 33.5 Å². The third-order valence-electron chi connectivity index (χ3n) is 5.37. The number of benzene rings is 4. The first-order chi connectivity index (χ1) is 14.2. The fourth-order valence-corrected chi connectivity index (χ4v) is 3.98. The zero-order valence-corrected chi connectivity index (χ0v) is 20.0. The predicted octanol–water partition coefficient (Wildman–Crippen LogP) is 5.79. The first-order valence-corrected chi connectivity index (χ1v) is 9.82. The van der Waals surface area contributed by atoms with Crippen LogP contribution in [0.5, 0.6) is 0 Å². The van der Waals surface area contributed by atoms with Crippen molar-refractivity contribution in [2.24, 2.45) is 0 Å². The van der Waals surface area contributed by atoms with Gasteiger partial charge < -0.3 is 0 Å². The van der Waals surface area contributed by atoms with Gasteiger partial charge in [0.2, 0.25) is 0 Å². The Morgan fingerprint density at radius 3 is 2.23 bits per heavy atom. The molecule has 0 fully saturated rings. The van der Waals surface area contributed by atoms with E-state index in [1.807, 2.05) is 18.2 Å². The number of hydrogen-bond donors (Lipinski definition) is 0. The molecule has 0 aliphatic carbocycles. The zero-order chi connectivity index (χ0) is 19.8. The van der Waals surface area contributed by atoms with Gasteiger partial charge in [-0.05, 0) is 24.3 Å². The summed E-state index contributed by atoms with van der Waals surface area (Å²) in [5, 5.41) is 0. The molecule has 2 nitrogen and oxygen atoms in total. The summed E-state index contributed by atoms with van der Waals surface area (Å²) in [6.07, 6.45) is 0. The van der Waals surface area contributed by atoms with Crippen LogP contribution < -0.4 is 4.57 Å². The van der Waals surface area contributed by atoms with Crippen LogP contribution in [0.1, 0.15) is 11.4 Å².